The number of aromatic nitrogens is 2. The van der Waals surface area contributed by atoms with Gasteiger partial charge in [0.1, 0.15) is 0 Å². The highest BCUT2D eigenvalue weighted by Gasteiger charge is 2.28. The number of aliphatic hydroxyl groups is 1. The predicted molar refractivity (Wildman–Crippen MR) is 65.8 cm³/mol. The molecule has 94 valence electrons. The van der Waals surface area contributed by atoms with E-state index in [0.29, 0.717) is 24.7 Å². The first kappa shape index (κ1) is 11.4. The predicted octanol–water partition coefficient (Wildman–Crippen LogP) is 1.44. The Labute approximate surface area is 105 Å². The van der Waals surface area contributed by atoms with Crippen molar-refractivity contribution in [3.05, 3.63) is 35.7 Å². The molecule has 1 aliphatic heterocycles. The molecular weight excluding hydrogens is 230 g/mol. The van der Waals surface area contributed by atoms with Crippen molar-refractivity contribution in [3.8, 4) is 11.4 Å². The van der Waals surface area contributed by atoms with Crippen LogP contribution < -0.4 is 5.32 Å². The number of aryl methyl sites for hydroxylation is 1. The molecule has 2 N–H and O–H groups in total. The van der Waals surface area contributed by atoms with Crippen LogP contribution in [0, 0.1) is 6.92 Å². The lowest BCUT2D eigenvalue weighted by molar-refractivity contribution is 0.191. The second-order valence-electron chi connectivity index (χ2n) is 4.62. The van der Waals surface area contributed by atoms with Crippen LogP contribution in [0.1, 0.15) is 23.9 Å². The Hall–Kier alpha value is -1.72. The van der Waals surface area contributed by atoms with Gasteiger partial charge in [-0.3, -0.25) is 0 Å². The minimum atomic E-state index is -0.330. The highest BCUT2D eigenvalue weighted by molar-refractivity contribution is 5.58. The summed E-state index contributed by atoms with van der Waals surface area (Å²) in [5, 5.41) is 16.6. The zero-order valence-corrected chi connectivity index (χ0v) is 10.1. The summed E-state index contributed by atoms with van der Waals surface area (Å²) in [5.74, 6) is 1.15. The van der Waals surface area contributed by atoms with E-state index in [9.17, 15) is 5.11 Å². The Morgan fingerprint density at radius 3 is 2.94 bits per heavy atom. The van der Waals surface area contributed by atoms with Gasteiger partial charge in [-0.2, -0.15) is 4.98 Å². The molecular formula is C13H15N3O2. The summed E-state index contributed by atoms with van der Waals surface area (Å²) in [6, 6.07) is 7.89. The van der Waals surface area contributed by atoms with Gasteiger partial charge in [0.25, 0.3) is 0 Å². The summed E-state index contributed by atoms with van der Waals surface area (Å²) in [7, 11) is 0. The van der Waals surface area contributed by atoms with E-state index < -0.39 is 0 Å². The largest absolute Gasteiger partial charge is 0.392 e. The normalized spacial score (nSPS) is 23.4. The summed E-state index contributed by atoms with van der Waals surface area (Å²) in [6.45, 7) is 2.59. The topological polar surface area (TPSA) is 71.2 Å². The van der Waals surface area contributed by atoms with Gasteiger partial charge >= 0.3 is 0 Å². The number of benzene rings is 1. The molecule has 2 atom stereocenters. The van der Waals surface area contributed by atoms with E-state index in [0.717, 1.165) is 11.1 Å². The zero-order valence-electron chi connectivity index (χ0n) is 10.1. The first-order valence-corrected chi connectivity index (χ1v) is 6.05. The molecule has 0 spiro atoms. The molecule has 0 amide bonds. The molecule has 0 radical (unpaired) electrons. The lowest BCUT2D eigenvalue weighted by Crippen LogP contribution is -2.15. The van der Waals surface area contributed by atoms with Crippen LogP contribution in [0.5, 0.6) is 0 Å². The highest BCUT2D eigenvalue weighted by Crippen LogP contribution is 2.25. The van der Waals surface area contributed by atoms with E-state index in [4.69, 9.17) is 4.52 Å². The fourth-order valence-electron chi connectivity index (χ4n) is 2.22. The molecule has 0 saturated carbocycles. The minimum Gasteiger partial charge on any atom is -0.392 e. The van der Waals surface area contributed by atoms with Crippen molar-refractivity contribution in [2.45, 2.75) is 25.5 Å². The first-order chi connectivity index (χ1) is 8.74. The van der Waals surface area contributed by atoms with Crippen molar-refractivity contribution in [1.29, 1.82) is 0 Å². The van der Waals surface area contributed by atoms with Crippen LogP contribution in [0.15, 0.2) is 28.8 Å². The summed E-state index contributed by atoms with van der Waals surface area (Å²) >= 11 is 0. The maximum atomic E-state index is 9.48. The van der Waals surface area contributed by atoms with Gasteiger partial charge in [-0.25, -0.2) is 0 Å². The van der Waals surface area contributed by atoms with E-state index in [2.05, 4.69) is 15.5 Å². The number of nitrogens with one attached hydrogen (secondary N) is 1. The van der Waals surface area contributed by atoms with E-state index >= 15 is 0 Å². The van der Waals surface area contributed by atoms with Gasteiger partial charge in [-0.15, -0.1) is 0 Å². The number of nitrogens with zero attached hydrogens (tertiary/aromatic N) is 2. The van der Waals surface area contributed by atoms with Crippen LogP contribution >= 0.6 is 0 Å². The standard InChI is InChI=1S/C13H15N3O2/c1-8-4-2-3-5-10(8)12-15-13(18-16-12)11-6-9(17)7-14-11/h2-5,9,11,14,17H,6-7H2,1H3/t9-,11+/m0/s1. The minimum absolute atomic E-state index is 0.0368. The second-order valence-corrected chi connectivity index (χ2v) is 4.62. The molecule has 5 heteroatoms. The molecule has 1 aromatic carbocycles. The third-order valence-corrected chi connectivity index (χ3v) is 3.23. The van der Waals surface area contributed by atoms with Gasteiger partial charge < -0.3 is 14.9 Å². The Morgan fingerprint density at radius 2 is 2.22 bits per heavy atom. The molecule has 3 rings (SSSR count). The molecule has 1 saturated heterocycles. The Kier molecular flexibility index (Phi) is 2.85. The van der Waals surface area contributed by atoms with Gasteiger partial charge in [0, 0.05) is 12.1 Å². The zero-order chi connectivity index (χ0) is 12.5. The Balaban J connectivity index is 1.88. The van der Waals surface area contributed by atoms with Crippen molar-refractivity contribution in [1.82, 2.24) is 15.5 Å². The van der Waals surface area contributed by atoms with Crippen molar-refractivity contribution >= 4 is 0 Å². The van der Waals surface area contributed by atoms with Crippen molar-refractivity contribution in [2.75, 3.05) is 6.54 Å². The van der Waals surface area contributed by atoms with Crippen LogP contribution in [-0.4, -0.2) is 27.9 Å². The number of rotatable bonds is 2. The SMILES string of the molecule is Cc1ccccc1-c1noc([C@H]2C[C@H](O)CN2)n1. The molecule has 18 heavy (non-hydrogen) atoms. The summed E-state index contributed by atoms with van der Waals surface area (Å²) in [4.78, 5) is 4.41. The van der Waals surface area contributed by atoms with Gasteiger partial charge in [-0.1, -0.05) is 29.4 Å². The third kappa shape index (κ3) is 2.02. The highest BCUT2D eigenvalue weighted by atomic mass is 16.5. The smallest absolute Gasteiger partial charge is 0.244 e. The number of hydrogen-bond donors (Lipinski definition) is 2. The second kappa shape index (κ2) is 4.51. The quantitative estimate of drug-likeness (QED) is 0.837. The van der Waals surface area contributed by atoms with E-state index in [1.54, 1.807) is 0 Å². The van der Waals surface area contributed by atoms with Gasteiger partial charge in [0.05, 0.1) is 12.1 Å². The van der Waals surface area contributed by atoms with Crippen molar-refractivity contribution in [2.24, 2.45) is 0 Å². The molecule has 1 aliphatic rings. The van der Waals surface area contributed by atoms with Crippen LogP contribution in [0.3, 0.4) is 0 Å². The van der Waals surface area contributed by atoms with E-state index in [-0.39, 0.29) is 12.1 Å². The fraction of sp³-hybridized carbons (Fsp3) is 0.385. The van der Waals surface area contributed by atoms with E-state index in [1.165, 1.54) is 0 Å². The molecule has 1 fully saturated rings. The molecule has 0 aliphatic carbocycles. The summed E-state index contributed by atoms with van der Waals surface area (Å²) in [5.41, 5.74) is 2.09. The molecule has 2 heterocycles. The molecule has 0 unspecified atom stereocenters. The average Bonchev–Trinajstić information content (AvgIpc) is 2.98. The maximum Gasteiger partial charge on any atom is 0.244 e. The monoisotopic (exact) mass is 245 g/mol. The van der Waals surface area contributed by atoms with Crippen molar-refractivity contribution < 1.29 is 9.63 Å². The van der Waals surface area contributed by atoms with Crippen LogP contribution in [0.25, 0.3) is 11.4 Å². The number of β-amino-alcohol motifs (C(OH)–C–C–N with tert-alkyl or cyclic N) is 1. The number of aliphatic hydroxyl groups excluding tert-OH is 1. The van der Waals surface area contributed by atoms with Gasteiger partial charge in [-0.05, 0) is 18.9 Å². The summed E-state index contributed by atoms with van der Waals surface area (Å²) in [6.07, 6.45) is 0.291. The van der Waals surface area contributed by atoms with Crippen LogP contribution in [0.2, 0.25) is 0 Å². The molecule has 5 nitrogen and oxygen atoms in total. The van der Waals surface area contributed by atoms with Gasteiger partial charge in [0.2, 0.25) is 11.7 Å². The van der Waals surface area contributed by atoms with E-state index in [1.807, 2.05) is 31.2 Å². The Morgan fingerprint density at radius 1 is 1.39 bits per heavy atom. The Bertz CT molecular complexity index is 553. The fourth-order valence-corrected chi connectivity index (χ4v) is 2.22. The summed E-state index contributed by atoms with van der Waals surface area (Å²) < 4.78 is 5.27. The average molecular weight is 245 g/mol. The van der Waals surface area contributed by atoms with Crippen LogP contribution in [-0.2, 0) is 0 Å². The first-order valence-electron chi connectivity index (χ1n) is 6.05. The third-order valence-electron chi connectivity index (χ3n) is 3.23. The lowest BCUT2D eigenvalue weighted by atomic mass is 10.1. The lowest BCUT2D eigenvalue weighted by Gasteiger charge is -2.02. The van der Waals surface area contributed by atoms with Crippen molar-refractivity contribution in [3.63, 3.8) is 0 Å². The maximum absolute atomic E-state index is 9.48. The van der Waals surface area contributed by atoms with Gasteiger partial charge in [0.15, 0.2) is 0 Å². The molecule has 2 aromatic rings. The molecule has 0 bridgehead atoms. The molecule has 1 aromatic heterocycles. The van der Waals surface area contributed by atoms with Crippen LogP contribution in [0.4, 0.5) is 0 Å². The number of hydrogen-bond acceptors (Lipinski definition) is 5.